The van der Waals surface area contributed by atoms with Crippen molar-refractivity contribution in [3.63, 3.8) is 0 Å². The zero-order valence-electron chi connectivity index (χ0n) is 7.27. The highest BCUT2D eigenvalue weighted by Gasteiger charge is 2.12. The zero-order chi connectivity index (χ0) is 10.7. The number of aromatic nitrogens is 1. The molecule has 0 spiro atoms. The van der Waals surface area contributed by atoms with Crippen LogP contribution in [0.3, 0.4) is 0 Å². The van der Waals surface area contributed by atoms with Crippen LogP contribution in [0.1, 0.15) is 18.0 Å². The van der Waals surface area contributed by atoms with Gasteiger partial charge in [-0.1, -0.05) is 0 Å². The second-order valence-corrected chi connectivity index (χ2v) is 2.85. The number of rotatable bonds is 3. The van der Waals surface area contributed by atoms with Crippen LogP contribution in [0.15, 0.2) is 12.3 Å². The van der Waals surface area contributed by atoms with E-state index in [0.717, 1.165) is 0 Å². The number of nitrogens with zero attached hydrogens (tertiary/aromatic N) is 1. The molecule has 1 atom stereocenters. The average molecular weight is 199 g/mol. The smallest absolute Gasteiger partial charge is 0.305 e. The number of carboxylic acid groups (broad SMARTS) is 1. The van der Waals surface area contributed by atoms with Gasteiger partial charge >= 0.3 is 5.97 Å². The summed E-state index contributed by atoms with van der Waals surface area (Å²) in [6, 6.07) is 0.568. The van der Waals surface area contributed by atoms with Crippen molar-refractivity contribution >= 4 is 11.7 Å². The molecule has 0 amide bonds. The molecule has 6 heteroatoms. The number of nitrogen functional groups attached to an aromatic ring is 1. The maximum Gasteiger partial charge on any atom is 0.305 e. The lowest BCUT2D eigenvalue weighted by Gasteiger charge is -2.09. The summed E-state index contributed by atoms with van der Waals surface area (Å²) >= 11 is 0. The Labute approximate surface area is 79.5 Å². The van der Waals surface area contributed by atoms with E-state index in [1.165, 1.54) is 12.3 Å². The third-order valence-electron chi connectivity index (χ3n) is 1.71. The Morgan fingerprint density at radius 2 is 2.36 bits per heavy atom. The number of hydrogen-bond acceptors (Lipinski definition) is 4. The van der Waals surface area contributed by atoms with Crippen molar-refractivity contribution in [2.75, 3.05) is 5.73 Å². The van der Waals surface area contributed by atoms with Crippen LogP contribution in [-0.2, 0) is 4.79 Å². The van der Waals surface area contributed by atoms with Gasteiger partial charge in [0, 0.05) is 12.2 Å². The number of nitrogens with two attached hydrogens (primary N) is 2. The Balaban J connectivity index is 2.85. The van der Waals surface area contributed by atoms with Crippen molar-refractivity contribution < 1.29 is 14.3 Å². The van der Waals surface area contributed by atoms with E-state index in [0.29, 0.717) is 5.56 Å². The van der Waals surface area contributed by atoms with E-state index in [-0.39, 0.29) is 12.1 Å². The van der Waals surface area contributed by atoms with E-state index < -0.39 is 18.0 Å². The molecular weight excluding hydrogens is 189 g/mol. The normalized spacial score (nSPS) is 12.4. The van der Waals surface area contributed by atoms with Gasteiger partial charge in [-0.15, -0.1) is 0 Å². The van der Waals surface area contributed by atoms with Crippen LogP contribution in [0.5, 0.6) is 0 Å². The minimum atomic E-state index is -1.03. The van der Waals surface area contributed by atoms with E-state index >= 15 is 0 Å². The fourth-order valence-corrected chi connectivity index (χ4v) is 0.991. The van der Waals surface area contributed by atoms with Gasteiger partial charge in [-0.25, -0.2) is 4.98 Å². The van der Waals surface area contributed by atoms with Crippen LogP contribution >= 0.6 is 0 Å². The fraction of sp³-hybridized carbons (Fsp3) is 0.250. The van der Waals surface area contributed by atoms with Crippen LogP contribution < -0.4 is 11.5 Å². The standard InChI is InChI=1S/C8H10FN3O2/c9-8-6(11)1-4(3-12-8)5(10)2-7(13)14/h1,3,5H,2,10-11H2,(H,13,14)/t5-/m0/s1. The molecule has 0 aliphatic rings. The number of halogens is 1. The van der Waals surface area contributed by atoms with Crippen LogP contribution in [0.25, 0.3) is 0 Å². The summed E-state index contributed by atoms with van der Waals surface area (Å²) < 4.78 is 12.6. The summed E-state index contributed by atoms with van der Waals surface area (Å²) in [5.41, 5.74) is 11.0. The molecule has 0 radical (unpaired) electrons. The predicted molar refractivity (Wildman–Crippen MR) is 47.8 cm³/mol. The van der Waals surface area contributed by atoms with Crippen LogP contribution in [0.2, 0.25) is 0 Å². The van der Waals surface area contributed by atoms with E-state index in [9.17, 15) is 9.18 Å². The summed E-state index contributed by atoms with van der Waals surface area (Å²) in [7, 11) is 0. The van der Waals surface area contributed by atoms with E-state index in [4.69, 9.17) is 16.6 Å². The Kier molecular flexibility index (Phi) is 2.98. The van der Waals surface area contributed by atoms with Gasteiger partial charge in [0.1, 0.15) is 0 Å². The summed E-state index contributed by atoms with van der Waals surface area (Å²) in [5, 5.41) is 8.46. The van der Waals surface area contributed by atoms with Crippen LogP contribution in [0, 0.1) is 5.95 Å². The molecule has 1 aromatic rings. The van der Waals surface area contributed by atoms with E-state index in [2.05, 4.69) is 4.98 Å². The number of pyridine rings is 1. The first-order valence-corrected chi connectivity index (χ1v) is 3.89. The Hall–Kier alpha value is -1.69. The number of anilines is 1. The van der Waals surface area contributed by atoms with Gasteiger partial charge in [-0.3, -0.25) is 4.79 Å². The predicted octanol–water partition coefficient (Wildman–Crippen LogP) is 0.277. The van der Waals surface area contributed by atoms with Gasteiger partial charge in [0.2, 0.25) is 5.95 Å². The van der Waals surface area contributed by atoms with Crippen molar-refractivity contribution in [3.05, 3.63) is 23.8 Å². The van der Waals surface area contributed by atoms with Gasteiger partial charge in [0.15, 0.2) is 0 Å². The third-order valence-corrected chi connectivity index (χ3v) is 1.71. The number of carbonyl (C=O) groups is 1. The molecule has 1 aromatic heterocycles. The fourth-order valence-electron chi connectivity index (χ4n) is 0.991. The maximum atomic E-state index is 12.6. The summed E-state index contributed by atoms with van der Waals surface area (Å²) in [5.74, 6) is -1.81. The molecule has 0 aromatic carbocycles. The van der Waals surface area contributed by atoms with Crippen molar-refractivity contribution in [2.24, 2.45) is 5.73 Å². The largest absolute Gasteiger partial charge is 0.481 e. The lowest BCUT2D eigenvalue weighted by molar-refractivity contribution is -0.137. The first kappa shape index (κ1) is 10.4. The second-order valence-electron chi connectivity index (χ2n) is 2.85. The minimum Gasteiger partial charge on any atom is -0.481 e. The number of aliphatic carboxylic acids is 1. The van der Waals surface area contributed by atoms with Crippen molar-refractivity contribution in [1.29, 1.82) is 0 Å². The Morgan fingerprint density at radius 1 is 1.71 bits per heavy atom. The molecule has 1 heterocycles. The van der Waals surface area contributed by atoms with Crippen molar-refractivity contribution in [3.8, 4) is 0 Å². The van der Waals surface area contributed by atoms with Gasteiger partial charge in [-0.2, -0.15) is 4.39 Å². The van der Waals surface area contributed by atoms with E-state index in [1.54, 1.807) is 0 Å². The molecule has 0 fully saturated rings. The monoisotopic (exact) mass is 199 g/mol. The quantitative estimate of drug-likeness (QED) is 0.606. The summed E-state index contributed by atoms with van der Waals surface area (Å²) in [6.07, 6.45) is 0.937. The molecule has 5 nitrogen and oxygen atoms in total. The highest BCUT2D eigenvalue weighted by atomic mass is 19.1. The highest BCUT2D eigenvalue weighted by Crippen LogP contribution is 2.17. The second kappa shape index (κ2) is 4.01. The number of carboxylic acids is 1. The molecule has 0 saturated carbocycles. The average Bonchev–Trinajstić information content (AvgIpc) is 2.08. The van der Waals surface area contributed by atoms with Crippen LogP contribution in [0.4, 0.5) is 10.1 Å². The SMILES string of the molecule is Nc1cc([C@@H](N)CC(=O)O)cnc1F. The summed E-state index contributed by atoms with van der Waals surface area (Å²) in [6.45, 7) is 0. The van der Waals surface area contributed by atoms with Gasteiger partial charge in [0.25, 0.3) is 0 Å². The number of hydrogen-bond donors (Lipinski definition) is 3. The van der Waals surface area contributed by atoms with Gasteiger partial charge in [-0.05, 0) is 11.6 Å². The van der Waals surface area contributed by atoms with Crippen LogP contribution in [-0.4, -0.2) is 16.1 Å². The van der Waals surface area contributed by atoms with Crippen molar-refractivity contribution in [2.45, 2.75) is 12.5 Å². The lowest BCUT2D eigenvalue weighted by atomic mass is 10.1. The lowest BCUT2D eigenvalue weighted by Crippen LogP contribution is -2.15. The van der Waals surface area contributed by atoms with Gasteiger partial charge in [0.05, 0.1) is 12.1 Å². The highest BCUT2D eigenvalue weighted by molar-refractivity contribution is 5.68. The first-order valence-electron chi connectivity index (χ1n) is 3.89. The molecular formula is C8H10FN3O2. The molecule has 0 saturated heterocycles. The molecule has 0 unspecified atom stereocenters. The molecule has 14 heavy (non-hydrogen) atoms. The Bertz CT molecular complexity index is 356. The topological polar surface area (TPSA) is 102 Å². The summed E-state index contributed by atoms with van der Waals surface area (Å²) in [4.78, 5) is 13.7. The third kappa shape index (κ3) is 2.40. The molecule has 0 aliphatic heterocycles. The zero-order valence-corrected chi connectivity index (χ0v) is 7.27. The molecule has 1 rings (SSSR count). The van der Waals surface area contributed by atoms with Gasteiger partial charge < -0.3 is 16.6 Å². The molecule has 76 valence electrons. The minimum absolute atomic E-state index is 0.136. The molecule has 5 N–H and O–H groups in total. The van der Waals surface area contributed by atoms with E-state index in [1.807, 2.05) is 0 Å². The maximum absolute atomic E-state index is 12.6. The van der Waals surface area contributed by atoms with Crippen molar-refractivity contribution in [1.82, 2.24) is 4.98 Å². The molecule has 0 aliphatic carbocycles. The Morgan fingerprint density at radius 3 is 2.86 bits per heavy atom. The first-order chi connectivity index (χ1) is 6.50. The molecule has 0 bridgehead atoms.